The fraction of sp³-hybridized carbons (Fsp3) is 0.467. The van der Waals surface area contributed by atoms with E-state index in [0.29, 0.717) is 23.5 Å². The summed E-state index contributed by atoms with van der Waals surface area (Å²) in [4.78, 5) is 19.6. The average molecular weight is 272 g/mol. The maximum Gasteiger partial charge on any atom is 0.274 e. The smallest absolute Gasteiger partial charge is 0.274 e. The number of imidazole rings is 1. The van der Waals surface area contributed by atoms with Gasteiger partial charge >= 0.3 is 0 Å². The fourth-order valence-corrected chi connectivity index (χ4v) is 2.45. The SMILES string of the molecule is CC(C)Cn1ccnc1NC(=O)c1[nH]ccc1C1CC1. The molecular formula is C15H20N4O. The molecule has 2 heterocycles. The summed E-state index contributed by atoms with van der Waals surface area (Å²) in [5.74, 6) is 1.57. The Hall–Kier alpha value is -2.04. The number of nitrogens with one attached hydrogen (secondary N) is 2. The summed E-state index contributed by atoms with van der Waals surface area (Å²) < 4.78 is 1.97. The molecule has 1 aliphatic rings. The third kappa shape index (κ3) is 2.61. The van der Waals surface area contributed by atoms with Crippen molar-refractivity contribution in [1.82, 2.24) is 14.5 Å². The van der Waals surface area contributed by atoms with Gasteiger partial charge in [-0.15, -0.1) is 0 Å². The zero-order chi connectivity index (χ0) is 14.1. The van der Waals surface area contributed by atoms with E-state index in [1.165, 1.54) is 12.8 Å². The van der Waals surface area contributed by atoms with Gasteiger partial charge in [-0.2, -0.15) is 0 Å². The molecule has 1 saturated carbocycles. The zero-order valence-electron chi connectivity index (χ0n) is 11.9. The van der Waals surface area contributed by atoms with Gasteiger partial charge in [-0.1, -0.05) is 13.8 Å². The molecule has 2 aromatic heterocycles. The number of aromatic amines is 1. The van der Waals surface area contributed by atoms with Crippen LogP contribution in [0.2, 0.25) is 0 Å². The highest BCUT2D eigenvalue weighted by Crippen LogP contribution is 2.41. The Morgan fingerprint density at radius 2 is 2.35 bits per heavy atom. The van der Waals surface area contributed by atoms with Gasteiger partial charge in [0.2, 0.25) is 5.95 Å². The van der Waals surface area contributed by atoms with E-state index in [1.807, 2.05) is 23.0 Å². The number of nitrogens with zero attached hydrogens (tertiary/aromatic N) is 2. The first-order chi connectivity index (χ1) is 9.65. The molecule has 0 aliphatic heterocycles. The molecule has 1 amide bonds. The molecule has 5 heteroatoms. The van der Waals surface area contributed by atoms with E-state index in [-0.39, 0.29) is 5.91 Å². The van der Waals surface area contributed by atoms with Crippen LogP contribution in [-0.2, 0) is 6.54 Å². The first-order valence-corrected chi connectivity index (χ1v) is 7.15. The molecule has 2 N–H and O–H groups in total. The summed E-state index contributed by atoms with van der Waals surface area (Å²) >= 11 is 0. The Kier molecular flexibility index (Phi) is 3.34. The number of H-pyrrole nitrogens is 1. The van der Waals surface area contributed by atoms with Gasteiger partial charge in [0, 0.05) is 25.1 Å². The summed E-state index contributed by atoms with van der Waals surface area (Å²) in [5, 5.41) is 2.90. The van der Waals surface area contributed by atoms with Gasteiger partial charge in [-0.05, 0) is 36.3 Å². The van der Waals surface area contributed by atoms with Crippen LogP contribution in [-0.4, -0.2) is 20.4 Å². The second-order valence-electron chi connectivity index (χ2n) is 5.83. The van der Waals surface area contributed by atoms with Crippen LogP contribution >= 0.6 is 0 Å². The number of hydrogen-bond donors (Lipinski definition) is 2. The van der Waals surface area contributed by atoms with E-state index in [0.717, 1.165) is 12.1 Å². The van der Waals surface area contributed by atoms with Crippen molar-refractivity contribution >= 4 is 11.9 Å². The molecular weight excluding hydrogens is 252 g/mol. The predicted octanol–water partition coefficient (Wildman–Crippen LogP) is 3.00. The third-order valence-electron chi connectivity index (χ3n) is 3.53. The molecule has 0 bridgehead atoms. The summed E-state index contributed by atoms with van der Waals surface area (Å²) in [6.45, 7) is 5.12. The quantitative estimate of drug-likeness (QED) is 0.879. The second kappa shape index (κ2) is 5.15. The molecule has 2 aromatic rings. The molecule has 0 unspecified atom stereocenters. The molecule has 0 atom stereocenters. The topological polar surface area (TPSA) is 62.7 Å². The van der Waals surface area contributed by atoms with Gasteiger partial charge in [0.1, 0.15) is 5.69 Å². The van der Waals surface area contributed by atoms with E-state index in [4.69, 9.17) is 0 Å². The monoisotopic (exact) mass is 272 g/mol. The molecule has 1 aliphatic carbocycles. The highest BCUT2D eigenvalue weighted by Gasteiger charge is 2.29. The number of carbonyl (C=O) groups excluding carboxylic acids is 1. The summed E-state index contributed by atoms with van der Waals surface area (Å²) in [7, 11) is 0. The van der Waals surface area contributed by atoms with Crippen LogP contribution in [0.5, 0.6) is 0 Å². The largest absolute Gasteiger partial charge is 0.357 e. The maximum absolute atomic E-state index is 12.4. The van der Waals surface area contributed by atoms with E-state index >= 15 is 0 Å². The normalized spacial score (nSPS) is 14.8. The lowest BCUT2D eigenvalue weighted by molar-refractivity contribution is 0.102. The number of carbonyl (C=O) groups is 1. The molecule has 0 radical (unpaired) electrons. The van der Waals surface area contributed by atoms with Crippen LogP contribution in [0, 0.1) is 5.92 Å². The van der Waals surface area contributed by atoms with Gasteiger partial charge < -0.3 is 9.55 Å². The van der Waals surface area contributed by atoms with Crippen LogP contribution in [0.15, 0.2) is 24.7 Å². The number of amides is 1. The Morgan fingerprint density at radius 3 is 3.05 bits per heavy atom. The number of anilines is 1. The van der Waals surface area contributed by atoms with E-state index < -0.39 is 0 Å². The molecule has 0 spiro atoms. The van der Waals surface area contributed by atoms with Crippen LogP contribution in [0.3, 0.4) is 0 Å². The van der Waals surface area contributed by atoms with Gasteiger partial charge in [0.25, 0.3) is 5.91 Å². The summed E-state index contributed by atoms with van der Waals surface area (Å²) in [5.41, 5.74) is 1.80. The van der Waals surface area contributed by atoms with Crippen molar-refractivity contribution in [2.24, 2.45) is 5.92 Å². The van der Waals surface area contributed by atoms with Gasteiger partial charge in [0.15, 0.2) is 0 Å². The van der Waals surface area contributed by atoms with E-state index in [1.54, 1.807) is 6.20 Å². The number of aromatic nitrogens is 3. The molecule has 1 fully saturated rings. The molecule has 20 heavy (non-hydrogen) atoms. The minimum atomic E-state index is -0.104. The molecule has 5 nitrogen and oxygen atoms in total. The van der Waals surface area contributed by atoms with Crippen molar-refractivity contribution < 1.29 is 4.79 Å². The average Bonchev–Trinajstić information content (AvgIpc) is 2.96. The lowest BCUT2D eigenvalue weighted by Gasteiger charge is -2.11. The Morgan fingerprint density at radius 1 is 1.55 bits per heavy atom. The van der Waals surface area contributed by atoms with Crippen LogP contribution in [0.1, 0.15) is 48.7 Å². The molecule has 3 rings (SSSR count). The van der Waals surface area contributed by atoms with Crippen LogP contribution in [0.25, 0.3) is 0 Å². The van der Waals surface area contributed by atoms with Gasteiger partial charge in [-0.25, -0.2) is 4.98 Å². The lowest BCUT2D eigenvalue weighted by atomic mass is 10.1. The van der Waals surface area contributed by atoms with Crippen LogP contribution < -0.4 is 5.32 Å². The Labute approximate surface area is 118 Å². The lowest BCUT2D eigenvalue weighted by Crippen LogP contribution is -2.18. The fourth-order valence-electron chi connectivity index (χ4n) is 2.45. The minimum absolute atomic E-state index is 0.104. The predicted molar refractivity (Wildman–Crippen MR) is 77.8 cm³/mol. The molecule has 0 saturated heterocycles. The van der Waals surface area contributed by atoms with Crippen molar-refractivity contribution in [3.8, 4) is 0 Å². The summed E-state index contributed by atoms with van der Waals surface area (Å²) in [6.07, 6.45) is 7.81. The van der Waals surface area contributed by atoms with Gasteiger partial charge in [-0.3, -0.25) is 10.1 Å². The van der Waals surface area contributed by atoms with Crippen LogP contribution in [0.4, 0.5) is 5.95 Å². The summed E-state index contributed by atoms with van der Waals surface area (Å²) in [6, 6.07) is 2.01. The number of rotatable bonds is 5. The third-order valence-corrected chi connectivity index (χ3v) is 3.53. The molecule has 0 aromatic carbocycles. The maximum atomic E-state index is 12.4. The van der Waals surface area contributed by atoms with E-state index in [2.05, 4.69) is 29.1 Å². The minimum Gasteiger partial charge on any atom is -0.357 e. The standard InChI is InChI=1S/C15H20N4O/c1-10(2)9-19-8-7-17-15(19)18-14(20)13-12(5-6-16-13)11-3-4-11/h5-8,10-11,16H,3-4,9H2,1-2H3,(H,17,18,20). The highest BCUT2D eigenvalue weighted by atomic mass is 16.2. The zero-order valence-corrected chi connectivity index (χ0v) is 11.9. The van der Waals surface area contributed by atoms with E-state index in [9.17, 15) is 4.79 Å². The Bertz CT molecular complexity index is 607. The molecule has 106 valence electrons. The highest BCUT2D eigenvalue weighted by molar-refractivity contribution is 6.03. The first kappa shape index (κ1) is 13.0. The van der Waals surface area contributed by atoms with Crippen molar-refractivity contribution in [2.75, 3.05) is 5.32 Å². The number of hydrogen-bond acceptors (Lipinski definition) is 2. The van der Waals surface area contributed by atoms with Crippen molar-refractivity contribution in [2.45, 2.75) is 39.2 Å². The Balaban J connectivity index is 1.75. The van der Waals surface area contributed by atoms with Gasteiger partial charge in [0.05, 0.1) is 0 Å². The first-order valence-electron chi connectivity index (χ1n) is 7.15. The van der Waals surface area contributed by atoms with Crippen molar-refractivity contribution in [1.29, 1.82) is 0 Å². The second-order valence-corrected chi connectivity index (χ2v) is 5.83. The van der Waals surface area contributed by atoms with Crippen molar-refractivity contribution in [3.63, 3.8) is 0 Å². The van der Waals surface area contributed by atoms with Crippen molar-refractivity contribution in [3.05, 3.63) is 35.9 Å².